The molecule has 0 bridgehead atoms. The van der Waals surface area contributed by atoms with Crippen LogP contribution >= 0.6 is 0 Å². The molecule has 2 aliphatic rings. The number of esters is 3. The molecule has 13 heteroatoms. The summed E-state index contributed by atoms with van der Waals surface area (Å²) in [7, 11) is 0. The van der Waals surface area contributed by atoms with E-state index in [0.717, 1.165) is 26.8 Å². The summed E-state index contributed by atoms with van der Waals surface area (Å²) in [6.07, 6.45) is -6.97. The molecule has 0 aliphatic carbocycles. The van der Waals surface area contributed by atoms with Gasteiger partial charge in [-0.05, 0) is 6.07 Å². The van der Waals surface area contributed by atoms with E-state index >= 15 is 0 Å². The summed E-state index contributed by atoms with van der Waals surface area (Å²) in [5, 5.41) is 10.8. The van der Waals surface area contributed by atoms with Gasteiger partial charge in [-0.2, -0.15) is 0 Å². The van der Waals surface area contributed by atoms with Crippen molar-refractivity contribution >= 4 is 23.8 Å². The fraction of sp³-hybridized carbons (Fsp3) is 0.588. The highest BCUT2D eigenvalue weighted by molar-refractivity contribution is 5.68. The van der Waals surface area contributed by atoms with Crippen LogP contribution < -0.4 is 0 Å². The highest BCUT2D eigenvalue weighted by Crippen LogP contribution is 2.37. The number of hydrogen-bond acceptors (Lipinski definition) is 12. The highest BCUT2D eigenvalue weighted by atomic mass is 16.8. The second-order valence-corrected chi connectivity index (χ2v) is 6.50. The minimum absolute atomic E-state index is 0.00729. The van der Waals surface area contributed by atoms with Gasteiger partial charge in [0.25, 0.3) is 0 Å². The molecule has 6 atom stereocenters. The van der Waals surface area contributed by atoms with Gasteiger partial charge in [0.05, 0.1) is 12.7 Å². The standard InChI is InChI=1S/C17H19NO12/c1-7(19)25-14-13-11(29-17(27-9(3)21)15(14)26-8(2)20)6-24-16(30-13)10-4-5-12(28-10)18(22)23/h4-5,11,13-17H,6H2,1-3H3/t11-,13-,14+,15-,16?,17?/m1/s1. The second kappa shape index (κ2) is 8.77. The third-order valence-corrected chi connectivity index (χ3v) is 4.19. The lowest BCUT2D eigenvalue weighted by molar-refractivity contribution is -0.404. The molecule has 0 spiro atoms. The summed E-state index contributed by atoms with van der Waals surface area (Å²) in [4.78, 5) is 44.8. The maximum Gasteiger partial charge on any atom is 0.433 e. The van der Waals surface area contributed by atoms with E-state index in [0.29, 0.717) is 0 Å². The molecule has 2 saturated heterocycles. The van der Waals surface area contributed by atoms with Gasteiger partial charge in [0.1, 0.15) is 17.1 Å². The van der Waals surface area contributed by atoms with E-state index in [1.54, 1.807) is 0 Å². The van der Waals surface area contributed by atoms with Crippen LogP contribution in [0.3, 0.4) is 0 Å². The molecule has 2 aliphatic heterocycles. The molecule has 13 nitrogen and oxygen atoms in total. The van der Waals surface area contributed by atoms with E-state index < -0.39 is 65.7 Å². The summed E-state index contributed by atoms with van der Waals surface area (Å²) in [5.41, 5.74) is 0. The first-order valence-corrected chi connectivity index (χ1v) is 8.84. The highest BCUT2D eigenvalue weighted by Gasteiger charge is 2.55. The molecule has 164 valence electrons. The minimum Gasteiger partial charge on any atom is -0.455 e. The molecule has 0 radical (unpaired) electrons. The van der Waals surface area contributed by atoms with Crippen LogP contribution in [-0.2, 0) is 42.8 Å². The van der Waals surface area contributed by atoms with Crippen LogP contribution in [0.5, 0.6) is 0 Å². The van der Waals surface area contributed by atoms with Gasteiger partial charge >= 0.3 is 23.8 Å². The van der Waals surface area contributed by atoms with Crippen molar-refractivity contribution in [2.24, 2.45) is 0 Å². The Morgan fingerprint density at radius 2 is 1.63 bits per heavy atom. The molecular formula is C17H19NO12. The summed E-state index contributed by atoms with van der Waals surface area (Å²) in [6.45, 7) is 3.28. The Hall–Kier alpha value is -3.03. The molecule has 2 fully saturated rings. The van der Waals surface area contributed by atoms with Crippen LogP contribution in [0.2, 0.25) is 0 Å². The van der Waals surface area contributed by atoms with Crippen molar-refractivity contribution in [1.29, 1.82) is 0 Å². The molecule has 1 aromatic rings. The first-order chi connectivity index (χ1) is 14.2. The zero-order chi connectivity index (χ0) is 22.0. The maximum atomic E-state index is 11.7. The molecular weight excluding hydrogens is 410 g/mol. The minimum atomic E-state index is -1.37. The average molecular weight is 429 g/mol. The quantitative estimate of drug-likeness (QED) is 0.280. The van der Waals surface area contributed by atoms with Crippen molar-refractivity contribution in [2.45, 2.75) is 57.8 Å². The van der Waals surface area contributed by atoms with E-state index in [4.69, 9.17) is 32.8 Å². The van der Waals surface area contributed by atoms with Gasteiger partial charge in [0.15, 0.2) is 11.9 Å². The zero-order valence-corrected chi connectivity index (χ0v) is 16.2. The lowest BCUT2D eigenvalue weighted by Gasteiger charge is -2.47. The summed E-state index contributed by atoms with van der Waals surface area (Å²) in [5.74, 6) is -2.66. The van der Waals surface area contributed by atoms with Gasteiger partial charge in [0.2, 0.25) is 18.7 Å². The van der Waals surface area contributed by atoms with Crippen LogP contribution in [0.1, 0.15) is 32.8 Å². The van der Waals surface area contributed by atoms with E-state index in [1.165, 1.54) is 6.07 Å². The third-order valence-electron chi connectivity index (χ3n) is 4.19. The number of carbonyl (C=O) groups is 3. The summed E-state index contributed by atoms with van der Waals surface area (Å²) in [6, 6.07) is 2.44. The summed E-state index contributed by atoms with van der Waals surface area (Å²) >= 11 is 0. The van der Waals surface area contributed by atoms with Crippen molar-refractivity contribution < 1.29 is 52.1 Å². The number of ether oxygens (including phenoxy) is 6. The van der Waals surface area contributed by atoms with Crippen LogP contribution in [0.15, 0.2) is 16.5 Å². The van der Waals surface area contributed by atoms with Gasteiger partial charge in [0, 0.05) is 20.8 Å². The topological polar surface area (TPSA) is 163 Å². The van der Waals surface area contributed by atoms with Crippen LogP contribution in [0.4, 0.5) is 5.88 Å². The molecule has 1 aromatic heterocycles. The molecule has 0 aromatic carbocycles. The van der Waals surface area contributed by atoms with Gasteiger partial charge in [-0.3, -0.25) is 24.5 Å². The van der Waals surface area contributed by atoms with Crippen LogP contribution in [0, 0.1) is 10.1 Å². The van der Waals surface area contributed by atoms with Gasteiger partial charge < -0.3 is 32.8 Å². The lowest BCUT2D eigenvalue weighted by Crippen LogP contribution is -2.64. The fourth-order valence-electron chi connectivity index (χ4n) is 3.16. The predicted octanol–water partition coefficient (Wildman–Crippen LogP) is 0.753. The third kappa shape index (κ3) is 4.75. The Kier molecular flexibility index (Phi) is 6.34. The van der Waals surface area contributed by atoms with E-state index in [-0.39, 0.29) is 12.4 Å². The van der Waals surface area contributed by atoms with Crippen molar-refractivity contribution in [1.82, 2.24) is 0 Å². The molecule has 3 rings (SSSR count). The first-order valence-electron chi connectivity index (χ1n) is 8.84. The van der Waals surface area contributed by atoms with Crippen molar-refractivity contribution in [3.05, 3.63) is 28.0 Å². The van der Waals surface area contributed by atoms with E-state index in [2.05, 4.69) is 0 Å². The number of nitrogens with zero attached hydrogens (tertiary/aromatic N) is 1. The van der Waals surface area contributed by atoms with Crippen molar-refractivity contribution in [2.75, 3.05) is 6.61 Å². The zero-order valence-electron chi connectivity index (χ0n) is 16.2. The smallest absolute Gasteiger partial charge is 0.433 e. The first kappa shape index (κ1) is 21.7. The SMILES string of the molecule is CC(=O)OC1O[C@@H]2COC(c3ccc([N+](=O)[O-])o3)O[C@H]2[C@H](OC(C)=O)[C@H]1OC(C)=O. The normalized spacial score (nSPS) is 30.6. The number of nitro groups is 1. The van der Waals surface area contributed by atoms with E-state index in [1.807, 2.05) is 0 Å². The molecule has 2 unspecified atom stereocenters. The number of fused-ring (bicyclic) bond motifs is 1. The maximum absolute atomic E-state index is 11.7. The number of carbonyl (C=O) groups excluding carboxylic acids is 3. The summed E-state index contributed by atoms with van der Waals surface area (Å²) < 4.78 is 37.6. The lowest BCUT2D eigenvalue weighted by atomic mass is 9.97. The molecule has 0 amide bonds. The number of hydrogen-bond donors (Lipinski definition) is 0. The largest absolute Gasteiger partial charge is 0.455 e. The number of rotatable bonds is 5. The Bertz CT molecular complexity index is 834. The average Bonchev–Trinajstić information content (AvgIpc) is 3.13. The Labute approximate surface area is 169 Å². The van der Waals surface area contributed by atoms with E-state index in [9.17, 15) is 24.5 Å². The van der Waals surface area contributed by atoms with Crippen molar-refractivity contribution in [3.63, 3.8) is 0 Å². The Balaban J connectivity index is 1.88. The molecule has 30 heavy (non-hydrogen) atoms. The predicted molar refractivity (Wildman–Crippen MR) is 90.5 cm³/mol. The van der Waals surface area contributed by atoms with Gasteiger partial charge in [-0.15, -0.1) is 0 Å². The van der Waals surface area contributed by atoms with Gasteiger partial charge in [-0.1, -0.05) is 0 Å². The number of furan rings is 1. The molecule has 0 N–H and O–H groups in total. The van der Waals surface area contributed by atoms with Crippen molar-refractivity contribution in [3.8, 4) is 0 Å². The van der Waals surface area contributed by atoms with Gasteiger partial charge in [-0.25, -0.2) is 0 Å². The molecule has 3 heterocycles. The molecule has 0 saturated carbocycles. The fourth-order valence-corrected chi connectivity index (χ4v) is 3.16. The van der Waals surface area contributed by atoms with Crippen LogP contribution in [0.25, 0.3) is 0 Å². The Morgan fingerprint density at radius 1 is 1.00 bits per heavy atom. The monoisotopic (exact) mass is 429 g/mol. The Morgan fingerprint density at radius 3 is 2.20 bits per heavy atom. The second-order valence-electron chi connectivity index (χ2n) is 6.50. The van der Waals surface area contributed by atoms with Crippen LogP contribution in [-0.4, -0.2) is 60.1 Å².